The summed E-state index contributed by atoms with van der Waals surface area (Å²) in [5, 5.41) is 0. The first-order valence-electron chi connectivity index (χ1n) is 8.94. The van der Waals surface area contributed by atoms with Crippen molar-refractivity contribution in [3.63, 3.8) is 0 Å². The van der Waals surface area contributed by atoms with Gasteiger partial charge < -0.3 is 4.52 Å². The maximum atomic E-state index is 10.7. The minimum Gasteiger partial charge on any atom is -0.329 e. The molecule has 0 spiro atoms. The first kappa shape index (κ1) is 20.2. The van der Waals surface area contributed by atoms with E-state index in [-0.39, 0.29) is 6.10 Å². The molecule has 0 amide bonds. The largest absolute Gasteiger partial charge is 0.329 e. The van der Waals surface area contributed by atoms with Gasteiger partial charge in [-0.05, 0) is 12.8 Å². The van der Waals surface area contributed by atoms with Crippen molar-refractivity contribution >= 4 is 8.69 Å². The molecule has 0 aromatic heterocycles. The second-order valence-corrected chi connectivity index (χ2v) is 6.43. The van der Waals surface area contributed by atoms with Crippen molar-refractivity contribution in [1.82, 2.24) is 0 Å². The monoisotopic (exact) mass is 304 g/mol. The summed E-state index contributed by atoms with van der Waals surface area (Å²) < 4.78 is 16.2. The molecule has 0 rings (SSSR count). The van der Waals surface area contributed by atoms with E-state index >= 15 is 0 Å². The summed E-state index contributed by atoms with van der Waals surface area (Å²) in [6.07, 6.45) is 18.4. The molecule has 0 aliphatic rings. The van der Waals surface area contributed by atoms with Crippen molar-refractivity contribution in [2.24, 2.45) is 0 Å². The van der Waals surface area contributed by atoms with Gasteiger partial charge in [0.2, 0.25) is 0 Å². The second-order valence-electron chi connectivity index (χ2n) is 5.97. The molecule has 0 aliphatic carbocycles. The lowest BCUT2D eigenvalue weighted by Crippen LogP contribution is -2.07. The normalized spacial score (nSPS) is 11.9. The topological polar surface area (TPSA) is 26.3 Å². The summed E-state index contributed by atoms with van der Waals surface area (Å²) in [4.78, 5) is 0. The zero-order chi connectivity index (χ0) is 14.9. The highest BCUT2D eigenvalue weighted by Crippen LogP contribution is 2.19. The van der Waals surface area contributed by atoms with Crippen LogP contribution in [0.25, 0.3) is 0 Å². The summed E-state index contributed by atoms with van der Waals surface area (Å²) >= 11 is 0. The van der Waals surface area contributed by atoms with Crippen molar-refractivity contribution < 1.29 is 9.09 Å². The van der Waals surface area contributed by atoms with Crippen LogP contribution in [0.1, 0.15) is 104 Å². The number of unbranched alkanes of at least 4 members (excludes halogenated alkanes) is 10. The molecular formula is C17H37O2P. The van der Waals surface area contributed by atoms with Crippen molar-refractivity contribution in [2.75, 3.05) is 0 Å². The fourth-order valence-electron chi connectivity index (χ4n) is 2.66. The quantitative estimate of drug-likeness (QED) is 0.239. The molecule has 0 heterocycles. The summed E-state index contributed by atoms with van der Waals surface area (Å²) in [7, 11) is -1.03. The van der Waals surface area contributed by atoms with Crippen LogP contribution in [0.2, 0.25) is 0 Å². The van der Waals surface area contributed by atoms with Crippen LogP contribution in [0.3, 0.4) is 0 Å². The lowest BCUT2D eigenvalue weighted by molar-refractivity contribution is 0.191. The standard InChI is InChI=1S/C17H37O2P/c1-3-5-7-9-11-13-15-17(19-20-18)16-14-12-10-8-6-4-2/h17H,3-16,20H2,1-2H3. The summed E-state index contributed by atoms with van der Waals surface area (Å²) in [5.74, 6) is 0. The first-order valence-corrected chi connectivity index (χ1v) is 9.88. The molecule has 20 heavy (non-hydrogen) atoms. The van der Waals surface area contributed by atoms with Gasteiger partial charge in [-0.3, -0.25) is 4.57 Å². The molecule has 0 N–H and O–H groups in total. The Balaban J connectivity index is 3.47. The Labute approximate surface area is 128 Å². The molecule has 0 saturated carbocycles. The van der Waals surface area contributed by atoms with Gasteiger partial charge in [-0.1, -0.05) is 90.9 Å². The smallest absolute Gasteiger partial charge is 0.180 e. The molecule has 0 fully saturated rings. The molecule has 0 aliphatic heterocycles. The van der Waals surface area contributed by atoms with Gasteiger partial charge in [0.25, 0.3) is 0 Å². The minimum atomic E-state index is -1.03. The average molecular weight is 304 g/mol. The van der Waals surface area contributed by atoms with E-state index in [9.17, 15) is 4.57 Å². The van der Waals surface area contributed by atoms with Gasteiger partial charge in [0, 0.05) is 0 Å². The van der Waals surface area contributed by atoms with E-state index in [1.54, 1.807) is 0 Å². The van der Waals surface area contributed by atoms with Crippen LogP contribution in [0, 0.1) is 0 Å². The lowest BCUT2D eigenvalue weighted by atomic mass is 10.0. The Morgan fingerprint density at radius 2 is 1.10 bits per heavy atom. The molecule has 2 nitrogen and oxygen atoms in total. The van der Waals surface area contributed by atoms with Gasteiger partial charge in [-0.2, -0.15) is 0 Å². The zero-order valence-electron chi connectivity index (χ0n) is 13.9. The third-order valence-corrected chi connectivity index (χ3v) is 4.50. The Kier molecular flexibility index (Phi) is 17.4. The van der Waals surface area contributed by atoms with Gasteiger partial charge in [-0.15, -0.1) is 0 Å². The third kappa shape index (κ3) is 14.6. The van der Waals surface area contributed by atoms with Gasteiger partial charge in [0.15, 0.2) is 8.69 Å². The molecule has 122 valence electrons. The molecule has 1 atom stereocenters. The minimum absolute atomic E-state index is 0.264. The van der Waals surface area contributed by atoms with Crippen LogP contribution >= 0.6 is 8.69 Å². The summed E-state index contributed by atoms with van der Waals surface area (Å²) in [6.45, 7) is 4.50. The highest BCUT2D eigenvalue weighted by Gasteiger charge is 2.07. The maximum Gasteiger partial charge on any atom is 0.180 e. The average Bonchev–Trinajstić information content (AvgIpc) is 2.46. The number of hydrogen-bond donors (Lipinski definition) is 0. The van der Waals surface area contributed by atoms with Crippen molar-refractivity contribution in [3.8, 4) is 0 Å². The van der Waals surface area contributed by atoms with Crippen molar-refractivity contribution in [2.45, 2.75) is 110 Å². The molecule has 0 bridgehead atoms. The second kappa shape index (κ2) is 17.2. The molecule has 0 aromatic rings. The SMILES string of the molecule is CCCCCCCCC(CCCCCCCC)O[PH2]=O. The van der Waals surface area contributed by atoms with Gasteiger partial charge in [0.1, 0.15) is 0 Å². The summed E-state index contributed by atoms with van der Waals surface area (Å²) in [6, 6.07) is 0. The van der Waals surface area contributed by atoms with Crippen LogP contribution in [0.5, 0.6) is 0 Å². The molecule has 1 unspecified atom stereocenters. The third-order valence-electron chi connectivity index (χ3n) is 4.01. The Hall–Kier alpha value is 0.190. The Morgan fingerprint density at radius 1 is 0.700 bits per heavy atom. The van der Waals surface area contributed by atoms with E-state index in [1.807, 2.05) is 0 Å². The predicted molar refractivity (Wildman–Crippen MR) is 91.3 cm³/mol. The van der Waals surface area contributed by atoms with Crippen LogP contribution in [-0.4, -0.2) is 6.10 Å². The molecular weight excluding hydrogens is 267 g/mol. The first-order chi connectivity index (χ1) is 9.85. The van der Waals surface area contributed by atoms with Crippen LogP contribution in [0.15, 0.2) is 0 Å². The Bertz CT molecular complexity index is 181. The van der Waals surface area contributed by atoms with Crippen molar-refractivity contribution in [1.29, 1.82) is 0 Å². The maximum absolute atomic E-state index is 10.7. The van der Waals surface area contributed by atoms with Gasteiger partial charge in [0.05, 0.1) is 6.10 Å². The van der Waals surface area contributed by atoms with E-state index in [1.165, 1.54) is 77.0 Å². The van der Waals surface area contributed by atoms with E-state index in [2.05, 4.69) is 13.8 Å². The molecule has 0 saturated heterocycles. The highest BCUT2D eigenvalue weighted by atomic mass is 31.1. The number of rotatable bonds is 16. The van der Waals surface area contributed by atoms with Crippen LogP contribution < -0.4 is 0 Å². The fourth-order valence-corrected chi connectivity index (χ4v) is 3.09. The van der Waals surface area contributed by atoms with E-state index in [0.29, 0.717) is 0 Å². The van der Waals surface area contributed by atoms with Crippen molar-refractivity contribution in [3.05, 3.63) is 0 Å². The Morgan fingerprint density at radius 3 is 1.50 bits per heavy atom. The van der Waals surface area contributed by atoms with Gasteiger partial charge >= 0.3 is 0 Å². The van der Waals surface area contributed by atoms with Gasteiger partial charge in [-0.25, -0.2) is 0 Å². The molecule has 3 heteroatoms. The van der Waals surface area contributed by atoms with E-state index < -0.39 is 8.69 Å². The molecule has 0 radical (unpaired) electrons. The molecule has 0 aromatic carbocycles. The van der Waals surface area contributed by atoms with Crippen LogP contribution in [0.4, 0.5) is 0 Å². The zero-order valence-corrected chi connectivity index (χ0v) is 15.0. The number of hydrogen-bond acceptors (Lipinski definition) is 2. The van der Waals surface area contributed by atoms with Crippen LogP contribution in [-0.2, 0) is 9.09 Å². The predicted octanol–water partition coefficient (Wildman–Crippen LogP) is 6.54. The lowest BCUT2D eigenvalue weighted by Gasteiger charge is -2.14. The summed E-state index contributed by atoms with van der Waals surface area (Å²) in [5.41, 5.74) is 0. The fraction of sp³-hybridized carbons (Fsp3) is 1.00. The van der Waals surface area contributed by atoms with E-state index in [4.69, 9.17) is 4.52 Å². The highest BCUT2D eigenvalue weighted by molar-refractivity contribution is 7.17. The van der Waals surface area contributed by atoms with E-state index in [0.717, 1.165) is 12.8 Å².